The Hall–Kier alpha value is -3.20. The van der Waals surface area contributed by atoms with Crippen molar-refractivity contribution in [1.29, 1.82) is 0 Å². The molecule has 0 bridgehead atoms. The van der Waals surface area contributed by atoms with Crippen LogP contribution in [0.3, 0.4) is 0 Å². The average molecular weight is 429 g/mol. The number of halogens is 1. The highest BCUT2D eigenvalue weighted by molar-refractivity contribution is 9.10. The molecule has 0 unspecified atom stereocenters. The lowest BCUT2D eigenvalue weighted by Crippen LogP contribution is -2.34. The Kier molecular flexibility index (Phi) is 5.82. The second-order valence-electron chi connectivity index (χ2n) is 5.59. The van der Waals surface area contributed by atoms with Gasteiger partial charge < -0.3 is 10.6 Å². The van der Waals surface area contributed by atoms with E-state index in [2.05, 4.69) is 36.7 Å². The Labute approximate surface area is 164 Å². The van der Waals surface area contributed by atoms with Crippen LogP contribution in [-0.4, -0.2) is 26.9 Å². The number of rotatable bonds is 4. The third kappa shape index (κ3) is 4.70. The summed E-state index contributed by atoms with van der Waals surface area (Å²) in [5.74, 6) is -0.709. The number of aromatic nitrogens is 3. The van der Waals surface area contributed by atoms with Crippen LogP contribution in [-0.2, 0) is 11.4 Å². The van der Waals surface area contributed by atoms with E-state index in [1.54, 1.807) is 11.6 Å². The highest BCUT2D eigenvalue weighted by atomic mass is 79.9. The molecule has 27 heavy (non-hydrogen) atoms. The van der Waals surface area contributed by atoms with Gasteiger partial charge in [-0.05, 0) is 36.8 Å². The van der Waals surface area contributed by atoms with Gasteiger partial charge in [0.2, 0.25) is 5.96 Å². The number of hydrogen-bond donors (Lipinski definition) is 2. The van der Waals surface area contributed by atoms with Crippen LogP contribution in [0, 0.1) is 6.92 Å². The molecule has 0 saturated heterocycles. The lowest BCUT2D eigenvalue weighted by Gasteiger charge is -2.06. The molecular weight excluding hydrogens is 412 g/mol. The maximum Gasteiger partial charge on any atom is 0.385 e. The minimum Gasteiger partial charge on any atom is -0.368 e. The molecule has 0 atom stereocenters. The van der Waals surface area contributed by atoms with Crippen molar-refractivity contribution >= 4 is 27.9 Å². The first-order valence-electron chi connectivity index (χ1n) is 8.04. The summed E-state index contributed by atoms with van der Waals surface area (Å²) in [6.07, 6.45) is 0. The fraction of sp³-hybridized carbons (Fsp3) is 0.111. The van der Waals surface area contributed by atoms with Gasteiger partial charge in [-0.2, -0.15) is 5.48 Å². The maximum absolute atomic E-state index is 12.2. The first-order valence-corrected chi connectivity index (χ1v) is 8.83. The molecule has 1 heterocycles. The van der Waals surface area contributed by atoms with E-state index in [9.17, 15) is 4.79 Å². The van der Waals surface area contributed by atoms with Gasteiger partial charge in [0.1, 0.15) is 0 Å². The van der Waals surface area contributed by atoms with Crippen molar-refractivity contribution in [1.82, 2.24) is 20.5 Å². The van der Waals surface area contributed by atoms with Crippen molar-refractivity contribution in [2.45, 2.75) is 13.5 Å². The summed E-state index contributed by atoms with van der Waals surface area (Å²) >= 11 is 3.38. The molecule has 3 aromatic rings. The summed E-state index contributed by atoms with van der Waals surface area (Å²) in [5.41, 5.74) is 10.4. The van der Waals surface area contributed by atoms with Crippen LogP contribution in [0.1, 0.15) is 21.7 Å². The van der Waals surface area contributed by atoms with Crippen LogP contribution in [0.5, 0.6) is 0 Å². The number of aliphatic imine (C=N–C) groups is 1. The number of carbonyl (C=O) groups excluding carboxylic acids is 1. The number of benzene rings is 2. The average Bonchev–Trinajstić information content (AvgIpc) is 3.07. The Morgan fingerprint density at radius 1 is 1.22 bits per heavy atom. The zero-order chi connectivity index (χ0) is 19.2. The predicted octanol–water partition coefficient (Wildman–Crippen LogP) is 2.51. The Morgan fingerprint density at radius 2 is 1.93 bits per heavy atom. The van der Waals surface area contributed by atoms with Gasteiger partial charge in [0.15, 0.2) is 5.69 Å². The van der Waals surface area contributed by atoms with Gasteiger partial charge in [-0.3, -0.25) is 0 Å². The van der Waals surface area contributed by atoms with Crippen molar-refractivity contribution in [3.8, 4) is 5.69 Å². The van der Waals surface area contributed by atoms with Crippen molar-refractivity contribution < 1.29 is 9.63 Å². The zero-order valence-corrected chi connectivity index (χ0v) is 16.0. The fourth-order valence-corrected chi connectivity index (χ4v) is 2.55. The molecule has 138 valence electrons. The van der Waals surface area contributed by atoms with Crippen molar-refractivity contribution in [2.75, 3.05) is 0 Å². The lowest BCUT2D eigenvalue weighted by molar-refractivity contribution is 0.0375. The van der Waals surface area contributed by atoms with Gasteiger partial charge in [-0.25, -0.2) is 14.5 Å². The number of nitrogens with two attached hydrogens (primary N) is 1. The van der Waals surface area contributed by atoms with Crippen LogP contribution in [0.4, 0.5) is 0 Å². The van der Waals surface area contributed by atoms with Gasteiger partial charge >= 0.3 is 5.97 Å². The van der Waals surface area contributed by atoms with Crippen LogP contribution in [0.15, 0.2) is 64.1 Å². The SMILES string of the molecule is Cc1c(C(=O)ONC(N)=NCc2ccccc2)nnn1-c1ccc(Br)cc1. The van der Waals surface area contributed by atoms with Gasteiger partial charge in [-0.15, -0.1) is 5.10 Å². The van der Waals surface area contributed by atoms with Gasteiger partial charge in [0, 0.05) is 4.47 Å². The highest BCUT2D eigenvalue weighted by Gasteiger charge is 2.19. The predicted molar refractivity (Wildman–Crippen MR) is 104 cm³/mol. The molecule has 0 aliphatic carbocycles. The van der Waals surface area contributed by atoms with E-state index in [0.29, 0.717) is 12.2 Å². The van der Waals surface area contributed by atoms with Gasteiger partial charge in [-0.1, -0.05) is 51.5 Å². The topological polar surface area (TPSA) is 107 Å². The van der Waals surface area contributed by atoms with E-state index in [1.165, 1.54) is 0 Å². The second-order valence-corrected chi connectivity index (χ2v) is 6.51. The minimum atomic E-state index is -0.700. The third-order valence-corrected chi connectivity index (χ3v) is 4.21. The van der Waals surface area contributed by atoms with E-state index in [-0.39, 0.29) is 11.7 Å². The summed E-state index contributed by atoms with van der Waals surface area (Å²) in [4.78, 5) is 21.3. The van der Waals surface area contributed by atoms with E-state index >= 15 is 0 Å². The van der Waals surface area contributed by atoms with Crippen LogP contribution < -0.4 is 11.2 Å². The molecule has 1 aromatic heterocycles. The number of hydrogen-bond acceptors (Lipinski definition) is 5. The molecule has 3 rings (SSSR count). The molecular formula is C18H17BrN6O2. The molecule has 0 radical (unpaired) electrons. The number of carbonyl (C=O) groups is 1. The van der Waals surface area contributed by atoms with E-state index in [1.807, 2.05) is 54.6 Å². The number of nitrogens with one attached hydrogen (secondary N) is 1. The van der Waals surface area contributed by atoms with Crippen LogP contribution >= 0.6 is 15.9 Å². The van der Waals surface area contributed by atoms with Crippen molar-refractivity contribution in [2.24, 2.45) is 10.7 Å². The Morgan fingerprint density at radius 3 is 2.63 bits per heavy atom. The molecule has 8 nitrogen and oxygen atoms in total. The monoisotopic (exact) mass is 428 g/mol. The molecule has 0 fully saturated rings. The molecule has 0 aliphatic rings. The molecule has 2 aromatic carbocycles. The van der Waals surface area contributed by atoms with Gasteiger partial charge in [0.05, 0.1) is 17.9 Å². The molecule has 0 aliphatic heterocycles. The normalized spacial score (nSPS) is 11.3. The van der Waals surface area contributed by atoms with Crippen LogP contribution in [0.2, 0.25) is 0 Å². The van der Waals surface area contributed by atoms with E-state index < -0.39 is 5.97 Å². The molecule has 3 N–H and O–H groups in total. The number of hydroxylamine groups is 1. The zero-order valence-electron chi connectivity index (χ0n) is 14.5. The first kappa shape index (κ1) is 18.6. The minimum absolute atomic E-state index is 0.00911. The highest BCUT2D eigenvalue weighted by Crippen LogP contribution is 2.16. The fourth-order valence-electron chi connectivity index (χ4n) is 2.28. The summed E-state index contributed by atoms with van der Waals surface area (Å²) < 4.78 is 2.49. The summed E-state index contributed by atoms with van der Waals surface area (Å²) in [7, 11) is 0. The smallest absolute Gasteiger partial charge is 0.368 e. The Bertz CT molecular complexity index is 954. The Balaban J connectivity index is 1.62. The largest absolute Gasteiger partial charge is 0.385 e. The maximum atomic E-state index is 12.2. The quantitative estimate of drug-likeness (QED) is 0.375. The van der Waals surface area contributed by atoms with Crippen LogP contribution in [0.25, 0.3) is 5.69 Å². The lowest BCUT2D eigenvalue weighted by atomic mass is 10.2. The number of nitrogens with zero attached hydrogens (tertiary/aromatic N) is 4. The summed E-state index contributed by atoms with van der Waals surface area (Å²) in [5, 5.41) is 7.89. The summed E-state index contributed by atoms with van der Waals surface area (Å²) in [6, 6.07) is 17.0. The summed E-state index contributed by atoms with van der Waals surface area (Å²) in [6.45, 7) is 2.10. The molecule has 0 spiro atoms. The third-order valence-electron chi connectivity index (χ3n) is 3.68. The molecule has 0 amide bonds. The molecule has 0 saturated carbocycles. The van der Waals surface area contributed by atoms with Gasteiger partial charge in [0.25, 0.3) is 0 Å². The standard InChI is InChI=1S/C18H17BrN6O2/c1-12-16(22-24-25(12)15-9-7-14(19)8-10-15)17(26)27-23-18(20)21-11-13-5-3-2-4-6-13/h2-10H,11H2,1H3,(H3,20,21,23). The van der Waals surface area contributed by atoms with E-state index in [4.69, 9.17) is 10.6 Å². The van der Waals surface area contributed by atoms with Crippen molar-refractivity contribution in [3.05, 3.63) is 76.0 Å². The molecule has 9 heteroatoms. The van der Waals surface area contributed by atoms with E-state index in [0.717, 1.165) is 15.7 Å². The second kappa shape index (κ2) is 8.45. The number of guanidine groups is 1. The first-order chi connectivity index (χ1) is 13.0. The van der Waals surface area contributed by atoms with Crippen molar-refractivity contribution in [3.63, 3.8) is 0 Å².